The first kappa shape index (κ1) is 8.76. The van der Waals surface area contributed by atoms with E-state index in [1.54, 1.807) is 0 Å². The number of rotatable bonds is 2. The smallest absolute Gasteiger partial charge is 0.138 e. The molecule has 64 valence electrons. The van der Waals surface area contributed by atoms with Gasteiger partial charge in [0, 0.05) is 11.8 Å². The van der Waals surface area contributed by atoms with Crippen LogP contribution in [0.15, 0.2) is 0 Å². The van der Waals surface area contributed by atoms with Crippen molar-refractivity contribution < 1.29 is 4.79 Å². The van der Waals surface area contributed by atoms with Gasteiger partial charge in [0.25, 0.3) is 0 Å². The summed E-state index contributed by atoms with van der Waals surface area (Å²) in [4.78, 5) is 11.4. The van der Waals surface area contributed by atoms with Crippen LogP contribution in [-0.4, -0.2) is 5.78 Å². The quantitative estimate of drug-likeness (QED) is 0.597. The average molecular weight is 154 g/mol. The lowest BCUT2D eigenvalue weighted by molar-refractivity contribution is -0.123. The van der Waals surface area contributed by atoms with Crippen molar-refractivity contribution >= 4 is 5.78 Å². The molecule has 1 rings (SSSR count). The zero-order valence-corrected chi connectivity index (χ0v) is 7.76. The van der Waals surface area contributed by atoms with Crippen LogP contribution in [0.2, 0.25) is 0 Å². The van der Waals surface area contributed by atoms with E-state index in [1.165, 1.54) is 0 Å². The number of hydrogen-bond acceptors (Lipinski definition) is 1. The van der Waals surface area contributed by atoms with Crippen LogP contribution in [0.3, 0.4) is 0 Å². The minimum absolute atomic E-state index is 0.346. The molecule has 0 saturated heterocycles. The molecule has 1 fully saturated rings. The molecule has 0 spiro atoms. The predicted octanol–water partition coefficient (Wildman–Crippen LogP) is 2.65. The van der Waals surface area contributed by atoms with Gasteiger partial charge in [0.1, 0.15) is 5.78 Å². The molecular weight excluding hydrogens is 136 g/mol. The zero-order valence-electron chi connectivity index (χ0n) is 7.76. The van der Waals surface area contributed by atoms with Crippen molar-refractivity contribution in [3.63, 3.8) is 0 Å². The van der Waals surface area contributed by atoms with Crippen LogP contribution in [0.1, 0.15) is 40.0 Å². The Balaban J connectivity index is 2.42. The van der Waals surface area contributed by atoms with Gasteiger partial charge >= 0.3 is 0 Å². The number of ketones is 1. The molecule has 11 heavy (non-hydrogen) atoms. The summed E-state index contributed by atoms with van der Waals surface area (Å²) in [7, 11) is 0. The highest BCUT2D eigenvalue weighted by Crippen LogP contribution is 2.31. The van der Waals surface area contributed by atoms with E-state index in [1.807, 2.05) is 0 Å². The van der Waals surface area contributed by atoms with Gasteiger partial charge in [0.2, 0.25) is 0 Å². The first-order valence-electron chi connectivity index (χ1n) is 4.65. The number of carbonyl (C=O) groups excluding carboxylic acids is 1. The Morgan fingerprint density at radius 1 is 1.45 bits per heavy atom. The molecule has 1 aliphatic carbocycles. The molecule has 0 aromatic rings. The Bertz CT molecular complexity index is 149. The largest absolute Gasteiger partial charge is 0.299 e. The van der Waals surface area contributed by atoms with Gasteiger partial charge in [-0.1, -0.05) is 20.8 Å². The third-order valence-electron chi connectivity index (χ3n) is 2.59. The Morgan fingerprint density at radius 3 is 2.45 bits per heavy atom. The highest BCUT2D eigenvalue weighted by Gasteiger charge is 2.30. The topological polar surface area (TPSA) is 17.1 Å². The van der Waals surface area contributed by atoms with Gasteiger partial charge in [-0.3, -0.25) is 4.79 Å². The summed E-state index contributed by atoms with van der Waals surface area (Å²) < 4.78 is 0. The van der Waals surface area contributed by atoms with Gasteiger partial charge < -0.3 is 0 Å². The molecule has 0 bridgehead atoms. The molecule has 2 unspecified atom stereocenters. The van der Waals surface area contributed by atoms with Gasteiger partial charge in [0.05, 0.1) is 0 Å². The molecular formula is C10H18O. The molecule has 0 N–H and O–H groups in total. The summed E-state index contributed by atoms with van der Waals surface area (Å²) in [5.74, 6) is 1.93. The summed E-state index contributed by atoms with van der Waals surface area (Å²) in [6.07, 6.45) is 3.36. The maximum Gasteiger partial charge on any atom is 0.138 e. The lowest BCUT2D eigenvalue weighted by atomic mass is 9.94. The molecule has 1 aliphatic rings. The number of hydrogen-bond donors (Lipinski definition) is 0. The third kappa shape index (κ3) is 2.05. The summed E-state index contributed by atoms with van der Waals surface area (Å²) in [5, 5.41) is 0. The van der Waals surface area contributed by atoms with Gasteiger partial charge in [-0.25, -0.2) is 0 Å². The summed E-state index contributed by atoms with van der Waals surface area (Å²) in [6, 6.07) is 0. The standard InChI is InChI=1S/C10H18O/c1-7(2)6-9-5-4-8(3)10(9)11/h7-9H,4-6H2,1-3H3. The second-order valence-electron chi connectivity index (χ2n) is 4.21. The minimum atomic E-state index is 0.346. The number of Topliss-reactive ketones (excluding diaryl/α,β-unsaturated/α-hetero) is 1. The Hall–Kier alpha value is -0.330. The van der Waals surface area contributed by atoms with Crippen LogP contribution in [0.5, 0.6) is 0 Å². The predicted molar refractivity (Wildman–Crippen MR) is 46.4 cm³/mol. The van der Waals surface area contributed by atoms with Crippen LogP contribution >= 0.6 is 0 Å². The second kappa shape index (κ2) is 3.38. The van der Waals surface area contributed by atoms with Gasteiger partial charge in [0.15, 0.2) is 0 Å². The Labute approximate surface area is 69.2 Å². The molecule has 0 amide bonds. The Kier molecular flexibility index (Phi) is 2.69. The molecule has 2 atom stereocenters. The first-order valence-corrected chi connectivity index (χ1v) is 4.65. The van der Waals surface area contributed by atoms with Crippen LogP contribution in [0, 0.1) is 17.8 Å². The van der Waals surface area contributed by atoms with E-state index in [-0.39, 0.29) is 0 Å². The van der Waals surface area contributed by atoms with Crippen molar-refractivity contribution in [1.82, 2.24) is 0 Å². The fourth-order valence-electron chi connectivity index (χ4n) is 1.94. The van der Waals surface area contributed by atoms with Gasteiger partial charge in [-0.2, -0.15) is 0 Å². The van der Waals surface area contributed by atoms with E-state index < -0.39 is 0 Å². The maximum absolute atomic E-state index is 11.4. The van der Waals surface area contributed by atoms with Crippen molar-refractivity contribution in [1.29, 1.82) is 0 Å². The van der Waals surface area contributed by atoms with Crippen LogP contribution < -0.4 is 0 Å². The third-order valence-corrected chi connectivity index (χ3v) is 2.59. The van der Waals surface area contributed by atoms with Gasteiger partial charge in [-0.15, -0.1) is 0 Å². The van der Waals surface area contributed by atoms with Crippen molar-refractivity contribution in [3.8, 4) is 0 Å². The van der Waals surface area contributed by atoms with Crippen LogP contribution in [-0.2, 0) is 4.79 Å². The molecule has 0 heterocycles. The lowest BCUT2D eigenvalue weighted by Gasteiger charge is -2.10. The monoisotopic (exact) mass is 154 g/mol. The fraction of sp³-hybridized carbons (Fsp3) is 0.900. The van der Waals surface area contributed by atoms with E-state index in [0.717, 1.165) is 19.3 Å². The highest BCUT2D eigenvalue weighted by molar-refractivity contribution is 5.84. The SMILES string of the molecule is CC(C)CC1CCC(C)C1=O. The molecule has 0 radical (unpaired) electrons. The van der Waals surface area contributed by atoms with E-state index >= 15 is 0 Å². The summed E-state index contributed by atoms with van der Waals surface area (Å²) in [5.41, 5.74) is 0. The zero-order chi connectivity index (χ0) is 8.43. The van der Waals surface area contributed by atoms with E-state index in [9.17, 15) is 4.79 Å². The van der Waals surface area contributed by atoms with E-state index in [0.29, 0.717) is 23.5 Å². The summed E-state index contributed by atoms with van der Waals surface area (Å²) in [6.45, 7) is 6.44. The molecule has 0 aromatic heterocycles. The minimum Gasteiger partial charge on any atom is -0.299 e. The average Bonchev–Trinajstić information content (AvgIpc) is 2.18. The summed E-state index contributed by atoms with van der Waals surface area (Å²) >= 11 is 0. The van der Waals surface area contributed by atoms with Crippen molar-refractivity contribution in [2.75, 3.05) is 0 Å². The van der Waals surface area contributed by atoms with Crippen molar-refractivity contribution in [3.05, 3.63) is 0 Å². The highest BCUT2D eigenvalue weighted by atomic mass is 16.1. The van der Waals surface area contributed by atoms with Crippen molar-refractivity contribution in [2.24, 2.45) is 17.8 Å². The van der Waals surface area contributed by atoms with Crippen LogP contribution in [0.25, 0.3) is 0 Å². The molecule has 1 nitrogen and oxygen atoms in total. The molecule has 0 aliphatic heterocycles. The first-order chi connectivity index (χ1) is 5.11. The van der Waals surface area contributed by atoms with Crippen LogP contribution in [0.4, 0.5) is 0 Å². The number of carbonyl (C=O) groups is 1. The maximum atomic E-state index is 11.4. The fourth-order valence-corrected chi connectivity index (χ4v) is 1.94. The molecule has 1 saturated carbocycles. The second-order valence-corrected chi connectivity index (χ2v) is 4.21. The molecule has 1 heteroatoms. The Morgan fingerprint density at radius 2 is 2.09 bits per heavy atom. The normalized spacial score (nSPS) is 31.8. The molecule has 0 aromatic carbocycles. The van der Waals surface area contributed by atoms with Crippen molar-refractivity contribution in [2.45, 2.75) is 40.0 Å². The van der Waals surface area contributed by atoms with Gasteiger partial charge in [-0.05, 0) is 25.2 Å². The van der Waals surface area contributed by atoms with E-state index in [2.05, 4.69) is 20.8 Å². The lowest BCUT2D eigenvalue weighted by Crippen LogP contribution is -2.13. The van der Waals surface area contributed by atoms with E-state index in [4.69, 9.17) is 0 Å².